The maximum absolute atomic E-state index is 12.0. The number of alkyl halides is 3. The number of hydrogen-bond donors (Lipinski definition) is 2. The van der Waals surface area contributed by atoms with E-state index in [0.29, 0.717) is 0 Å². The molecule has 0 saturated carbocycles. The molecule has 5 nitrogen and oxygen atoms in total. The minimum absolute atomic E-state index is 0.229. The molecule has 0 fully saturated rings. The highest BCUT2D eigenvalue weighted by molar-refractivity contribution is 7.89. The van der Waals surface area contributed by atoms with Gasteiger partial charge in [0, 0.05) is 11.6 Å². The van der Waals surface area contributed by atoms with Crippen LogP contribution < -0.4 is 4.72 Å². The molecule has 2 N–H and O–H groups in total. The molecule has 118 valence electrons. The number of sulfonamides is 1. The molecule has 0 aliphatic heterocycles. The fourth-order valence-corrected chi connectivity index (χ4v) is 3.25. The van der Waals surface area contributed by atoms with Crippen LogP contribution in [0.25, 0.3) is 0 Å². The van der Waals surface area contributed by atoms with E-state index in [1.54, 1.807) is 4.72 Å². The Morgan fingerprint density at radius 2 is 1.86 bits per heavy atom. The summed E-state index contributed by atoms with van der Waals surface area (Å²) in [7, 11) is -4.42. The van der Waals surface area contributed by atoms with Gasteiger partial charge in [-0.15, -0.1) is 0 Å². The van der Waals surface area contributed by atoms with E-state index in [9.17, 15) is 26.4 Å². The van der Waals surface area contributed by atoms with Crippen LogP contribution in [0.2, 0.25) is 10.0 Å². The van der Waals surface area contributed by atoms with E-state index in [1.165, 1.54) is 0 Å². The summed E-state index contributed by atoms with van der Waals surface area (Å²) in [5.74, 6) is -1.52. The molecule has 0 aromatic heterocycles. The molecule has 1 aromatic rings. The van der Waals surface area contributed by atoms with Crippen LogP contribution >= 0.6 is 23.2 Å². The molecule has 0 atom stereocenters. The van der Waals surface area contributed by atoms with Gasteiger partial charge in [-0.25, -0.2) is 17.9 Å². The number of carbonyl (C=O) groups is 1. The Balaban J connectivity index is 3.12. The van der Waals surface area contributed by atoms with Crippen LogP contribution in [0.4, 0.5) is 13.2 Å². The largest absolute Gasteiger partial charge is 0.478 e. The Kier molecular flexibility index (Phi) is 5.48. The lowest BCUT2D eigenvalue weighted by molar-refractivity contribution is -0.132. The van der Waals surface area contributed by atoms with Crippen molar-refractivity contribution in [3.63, 3.8) is 0 Å². The number of carboxylic acid groups (broad SMARTS) is 1. The van der Waals surface area contributed by atoms with Crippen LogP contribution in [0.1, 0.15) is 16.8 Å². The number of nitrogens with one attached hydrogen (secondary N) is 1. The summed E-state index contributed by atoms with van der Waals surface area (Å²) in [5, 5.41) is 7.99. The zero-order valence-corrected chi connectivity index (χ0v) is 12.4. The van der Waals surface area contributed by atoms with Gasteiger partial charge in [-0.3, -0.25) is 0 Å². The summed E-state index contributed by atoms with van der Waals surface area (Å²) in [6, 6.07) is 1.78. The molecule has 21 heavy (non-hydrogen) atoms. The zero-order valence-electron chi connectivity index (χ0n) is 10.0. The number of carboxylic acids is 1. The van der Waals surface area contributed by atoms with Crippen molar-refractivity contribution in [1.29, 1.82) is 0 Å². The van der Waals surface area contributed by atoms with Crippen LogP contribution in [-0.2, 0) is 10.0 Å². The van der Waals surface area contributed by atoms with Gasteiger partial charge in [-0.05, 0) is 12.1 Å². The molecule has 1 aromatic carbocycles. The second-order valence-corrected chi connectivity index (χ2v) is 6.38. The second-order valence-electron chi connectivity index (χ2n) is 3.83. The van der Waals surface area contributed by atoms with Gasteiger partial charge < -0.3 is 5.11 Å². The number of rotatable bonds is 5. The summed E-state index contributed by atoms with van der Waals surface area (Å²) >= 11 is 11.2. The van der Waals surface area contributed by atoms with Crippen LogP contribution in [0.5, 0.6) is 0 Å². The zero-order chi connectivity index (χ0) is 16.4. The topological polar surface area (TPSA) is 83.5 Å². The van der Waals surface area contributed by atoms with E-state index in [0.717, 1.165) is 12.1 Å². The monoisotopic (exact) mass is 365 g/mol. The average molecular weight is 366 g/mol. The molecule has 0 spiro atoms. The Labute approximate surface area is 127 Å². The molecule has 1 rings (SSSR count). The van der Waals surface area contributed by atoms with E-state index >= 15 is 0 Å². The molecule has 0 bridgehead atoms. The van der Waals surface area contributed by atoms with E-state index in [1.807, 2.05) is 0 Å². The van der Waals surface area contributed by atoms with Gasteiger partial charge in [0.05, 0.1) is 17.0 Å². The summed E-state index contributed by atoms with van der Waals surface area (Å²) in [5.41, 5.74) is -0.569. The molecular formula is C10H8Cl2F3NO4S. The van der Waals surface area contributed by atoms with Crippen LogP contribution in [0.3, 0.4) is 0 Å². The Morgan fingerprint density at radius 3 is 2.33 bits per heavy atom. The first kappa shape index (κ1) is 18.0. The fourth-order valence-electron chi connectivity index (χ4n) is 1.32. The lowest BCUT2D eigenvalue weighted by atomic mass is 10.2. The van der Waals surface area contributed by atoms with Gasteiger partial charge in [0.1, 0.15) is 4.90 Å². The molecule has 0 heterocycles. The molecule has 11 heteroatoms. The first-order valence-corrected chi connectivity index (χ1v) is 7.47. The molecule has 0 unspecified atom stereocenters. The van der Waals surface area contributed by atoms with Crippen molar-refractivity contribution < 1.29 is 31.5 Å². The minimum Gasteiger partial charge on any atom is -0.478 e. The maximum Gasteiger partial charge on any atom is 0.390 e. The Morgan fingerprint density at radius 1 is 1.29 bits per heavy atom. The lowest BCUT2D eigenvalue weighted by Gasteiger charge is -2.11. The van der Waals surface area contributed by atoms with Gasteiger partial charge in [-0.1, -0.05) is 23.2 Å². The molecule has 0 saturated heterocycles. The van der Waals surface area contributed by atoms with E-state index in [2.05, 4.69) is 0 Å². The number of aromatic carboxylic acids is 1. The quantitative estimate of drug-likeness (QED) is 0.840. The normalized spacial score (nSPS) is 12.4. The number of halogens is 5. The number of hydrogen-bond acceptors (Lipinski definition) is 3. The predicted molar refractivity (Wildman–Crippen MR) is 69.3 cm³/mol. The van der Waals surface area contributed by atoms with Crippen molar-refractivity contribution >= 4 is 39.2 Å². The summed E-state index contributed by atoms with van der Waals surface area (Å²) in [6.07, 6.45) is -5.91. The standard InChI is InChI=1S/C10H8Cl2F3NO4S/c11-5-3-6(9(17)18)8(12)7(4-5)21(19,20)16-2-1-10(13,14)15/h3-4,16H,1-2H2,(H,17,18). The Bertz CT molecular complexity index is 661. The molecule has 0 aliphatic rings. The van der Waals surface area contributed by atoms with Crippen LogP contribution in [0.15, 0.2) is 17.0 Å². The smallest absolute Gasteiger partial charge is 0.390 e. The lowest BCUT2D eigenvalue weighted by Crippen LogP contribution is -2.28. The van der Waals surface area contributed by atoms with E-state index in [4.69, 9.17) is 28.3 Å². The van der Waals surface area contributed by atoms with Crippen LogP contribution in [0, 0.1) is 0 Å². The molecular weight excluding hydrogens is 358 g/mol. The van der Waals surface area contributed by atoms with Gasteiger partial charge >= 0.3 is 12.1 Å². The predicted octanol–water partition coefficient (Wildman–Crippen LogP) is 2.92. The van der Waals surface area contributed by atoms with Gasteiger partial charge in [-0.2, -0.15) is 13.2 Å². The molecule has 0 radical (unpaired) electrons. The Hall–Kier alpha value is -1.03. The highest BCUT2D eigenvalue weighted by Gasteiger charge is 2.29. The third-order valence-electron chi connectivity index (χ3n) is 2.22. The van der Waals surface area contributed by atoms with Crippen molar-refractivity contribution in [2.45, 2.75) is 17.5 Å². The third kappa shape index (κ3) is 5.03. The SMILES string of the molecule is O=C(O)c1cc(Cl)cc(S(=O)(=O)NCCC(F)(F)F)c1Cl. The average Bonchev–Trinajstić information content (AvgIpc) is 2.29. The summed E-state index contributed by atoms with van der Waals surface area (Å²) in [4.78, 5) is 10.2. The van der Waals surface area contributed by atoms with Gasteiger partial charge in [0.25, 0.3) is 0 Å². The highest BCUT2D eigenvalue weighted by Crippen LogP contribution is 2.29. The van der Waals surface area contributed by atoms with E-state index < -0.39 is 50.6 Å². The second kappa shape index (κ2) is 6.39. The van der Waals surface area contributed by atoms with Crippen molar-refractivity contribution in [3.8, 4) is 0 Å². The highest BCUT2D eigenvalue weighted by atomic mass is 35.5. The fraction of sp³-hybridized carbons (Fsp3) is 0.300. The first-order chi connectivity index (χ1) is 9.44. The van der Waals surface area contributed by atoms with Crippen molar-refractivity contribution in [2.75, 3.05) is 6.54 Å². The maximum atomic E-state index is 12.0. The number of benzene rings is 1. The van der Waals surface area contributed by atoms with Gasteiger partial charge in [0.2, 0.25) is 10.0 Å². The minimum atomic E-state index is -4.53. The first-order valence-electron chi connectivity index (χ1n) is 5.23. The van der Waals surface area contributed by atoms with Crippen LogP contribution in [-0.4, -0.2) is 32.2 Å². The summed E-state index contributed by atoms with van der Waals surface area (Å²) < 4.78 is 61.3. The molecule has 0 aliphatic carbocycles. The third-order valence-corrected chi connectivity index (χ3v) is 4.45. The molecule has 0 amide bonds. The van der Waals surface area contributed by atoms with Gasteiger partial charge in [0.15, 0.2) is 0 Å². The van der Waals surface area contributed by atoms with Crippen molar-refractivity contribution in [1.82, 2.24) is 4.72 Å². The van der Waals surface area contributed by atoms with E-state index in [-0.39, 0.29) is 5.02 Å². The van der Waals surface area contributed by atoms with Crippen molar-refractivity contribution in [3.05, 3.63) is 27.7 Å². The van der Waals surface area contributed by atoms with Crippen molar-refractivity contribution in [2.24, 2.45) is 0 Å². The summed E-state index contributed by atoms with van der Waals surface area (Å²) in [6.45, 7) is -0.906.